The predicted octanol–water partition coefficient (Wildman–Crippen LogP) is 1.00. The van der Waals surface area contributed by atoms with Crippen molar-refractivity contribution in [3.05, 3.63) is 10.8 Å². The van der Waals surface area contributed by atoms with Crippen LogP contribution < -0.4 is 11.1 Å². The van der Waals surface area contributed by atoms with E-state index >= 15 is 0 Å². The lowest BCUT2D eigenvalue weighted by Gasteiger charge is -2.15. The zero-order chi connectivity index (χ0) is 10.6. The molecule has 0 radical (unpaired) electrons. The van der Waals surface area contributed by atoms with E-state index in [1.54, 1.807) is 0 Å². The third-order valence-corrected chi connectivity index (χ3v) is 2.65. The molecule has 1 unspecified atom stereocenters. The Balaban J connectivity index is 2.80. The summed E-state index contributed by atoms with van der Waals surface area (Å²) in [5, 5.41) is 12.1. The van der Waals surface area contributed by atoms with E-state index in [1.807, 2.05) is 6.92 Å². The Hall–Kier alpha value is -0.880. The molecule has 0 aromatic carbocycles. The average molecular weight is 261 g/mol. The maximum Gasteiger partial charge on any atom is 0.146 e. The first-order valence-electron chi connectivity index (χ1n) is 4.32. The molecular weight excluding hydrogens is 248 g/mol. The van der Waals surface area contributed by atoms with Crippen LogP contribution in [0.3, 0.4) is 0 Å². The predicted molar refractivity (Wildman–Crippen MR) is 58.9 cm³/mol. The molecule has 0 bridgehead atoms. The molecular formula is C8H13BrN4O. The first-order chi connectivity index (χ1) is 6.69. The highest BCUT2D eigenvalue weighted by atomic mass is 79.9. The van der Waals surface area contributed by atoms with Crippen LogP contribution in [-0.2, 0) is 0 Å². The molecule has 0 saturated carbocycles. The van der Waals surface area contributed by atoms with E-state index < -0.39 is 0 Å². The highest BCUT2D eigenvalue weighted by Gasteiger charge is 2.10. The van der Waals surface area contributed by atoms with E-state index in [-0.39, 0.29) is 12.6 Å². The van der Waals surface area contributed by atoms with Crippen molar-refractivity contribution in [1.29, 1.82) is 0 Å². The summed E-state index contributed by atoms with van der Waals surface area (Å²) in [6, 6.07) is -0.0133. The van der Waals surface area contributed by atoms with Gasteiger partial charge in [0.05, 0.1) is 12.6 Å². The number of halogens is 1. The standard InChI is InChI=1S/C8H13BrN4O/c1-2-5(3-14)13-8-6(9)7(10)11-4-12-8/h4-5,14H,2-3H2,1H3,(H3,10,11,12,13). The Morgan fingerprint density at radius 1 is 1.64 bits per heavy atom. The number of anilines is 2. The SMILES string of the molecule is CCC(CO)Nc1ncnc(N)c1Br. The number of aromatic nitrogens is 2. The van der Waals surface area contributed by atoms with Crippen LogP contribution in [0.5, 0.6) is 0 Å². The summed E-state index contributed by atoms with van der Waals surface area (Å²) in [7, 11) is 0. The molecule has 0 saturated heterocycles. The van der Waals surface area contributed by atoms with Gasteiger partial charge in [-0.1, -0.05) is 6.92 Å². The lowest BCUT2D eigenvalue weighted by Crippen LogP contribution is -2.23. The van der Waals surface area contributed by atoms with Crippen LogP contribution in [0.2, 0.25) is 0 Å². The number of nitrogens with zero attached hydrogens (tertiary/aromatic N) is 2. The molecule has 1 rings (SSSR count). The van der Waals surface area contributed by atoms with E-state index in [2.05, 4.69) is 31.2 Å². The van der Waals surface area contributed by atoms with Gasteiger partial charge in [-0.05, 0) is 22.4 Å². The van der Waals surface area contributed by atoms with Crippen molar-refractivity contribution >= 4 is 27.6 Å². The molecule has 14 heavy (non-hydrogen) atoms. The third kappa shape index (κ3) is 2.55. The van der Waals surface area contributed by atoms with Crippen LogP contribution >= 0.6 is 15.9 Å². The third-order valence-electron chi connectivity index (χ3n) is 1.87. The van der Waals surface area contributed by atoms with Gasteiger partial charge in [0.2, 0.25) is 0 Å². The largest absolute Gasteiger partial charge is 0.394 e. The van der Waals surface area contributed by atoms with Crippen LogP contribution in [-0.4, -0.2) is 27.7 Å². The molecule has 78 valence electrons. The zero-order valence-electron chi connectivity index (χ0n) is 7.87. The fraction of sp³-hybridized carbons (Fsp3) is 0.500. The number of nitrogen functional groups attached to an aromatic ring is 1. The molecule has 1 aromatic heterocycles. The summed E-state index contributed by atoms with van der Waals surface area (Å²) in [5.74, 6) is 0.994. The van der Waals surface area contributed by atoms with Gasteiger partial charge in [-0.3, -0.25) is 0 Å². The highest BCUT2D eigenvalue weighted by molar-refractivity contribution is 9.10. The number of nitrogens with two attached hydrogens (primary N) is 1. The van der Waals surface area contributed by atoms with E-state index in [9.17, 15) is 0 Å². The highest BCUT2D eigenvalue weighted by Crippen LogP contribution is 2.24. The van der Waals surface area contributed by atoms with Crippen molar-refractivity contribution in [2.75, 3.05) is 17.7 Å². The lowest BCUT2D eigenvalue weighted by molar-refractivity contribution is 0.271. The second-order valence-corrected chi connectivity index (χ2v) is 3.65. The minimum absolute atomic E-state index is 0.0133. The molecule has 0 aliphatic carbocycles. The van der Waals surface area contributed by atoms with Gasteiger partial charge in [0.15, 0.2) is 0 Å². The lowest BCUT2D eigenvalue weighted by atomic mass is 10.2. The first-order valence-corrected chi connectivity index (χ1v) is 5.11. The number of rotatable bonds is 4. The first kappa shape index (κ1) is 11.2. The summed E-state index contributed by atoms with van der Waals surface area (Å²) in [5.41, 5.74) is 5.58. The van der Waals surface area contributed by atoms with Crippen molar-refractivity contribution in [2.24, 2.45) is 0 Å². The topological polar surface area (TPSA) is 84.1 Å². The zero-order valence-corrected chi connectivity index (χ0v) is 9.45. The van der Waals surface area contributed by atoms with Gasteiger partial charge < -0.3 is 16.2 Å². The number of aliphatic hydroxyl groups excluding tert-OH is 1. The molecule has 6 heteroatoms. The molecule has 0 fully saturated rings. The van der Waals surface area contributed by atoms with Gasteiger partial charge in [0, 0.05) is 0 Å². The van der Waals surface area contributed by atoms with E-state index in [1.165, 1.54) is 6.33 Å². The van der Waals surface area contributed by atoms with Crippen LogP contribution in [0.25, 0.3) is 0 Å². The summed E-state index contributed by atoms with van der Waals surface area (Å²) in [6.07, 6.45) is 2.19. The van der Waals surface area contributed by atoms with Crippen molar-refractivity contribution in [2.45, 2.75) is 19.4 Å². The quantitative estimate of drug-likeness (QED) is 0.753. The summed E-state index contributed by atoms with van der Waals surface area (Å²) < 4.78 is 0.631. The summed E-state index contributed by atoms with van der Waals surface area (Å²) in [6.45, 7) is 2.04. The molecule has 4 N–H and O–H groups in total. The smallest absolute Gasteiger partial charge is 0.146 e. The molecule has 1 aromatic rings. The fourth-order valence-corrected chi connectivity index (χ4v) is 1.27. The summed E-state index contributed by atoms with van der Waals surface area (Å²) >= 11 is 3.27. The molecule has 5 nitrogen and oxygen atoms in total. The Labute approximate surface area is 90.9 Å². The Morgan fingerprint density at radius 3 is 2.93 bits per heavy atom. The van der Waals surface area contributed by atoms with Gasteiger partial charge in [-0.15, -0.1) is 0 Å². The maximum atomic E-state index is 9.00. The van der Waals surface area contributed by atoms with E-state index in [0.29, 0.717) is 16.1 Å². The second-order valence-electron chi connectivity index (χ2n) is 2.85. The molecule has 1 heterocycles. The Morgan fingerprint density at radius 2 is 2.36 bits per heavy atom. The van der Waals surface area contributed by atoms with Crippen molar-refractivity contribution in [1.82, 2.24) is 9.97 Å². The van der Waals surface area contributed by atoms with Crippen LogP contribution in [0, 0.1) is 0 Å². The van der Waals surface area contributed by atoms with Crippen molar-refractivity contribution in [3.8, 4) is 0 Å². The van der Waals surface area contributed by atoms with E-state index in [0.717, 1.165) is 6.42 Å². The molecule has 1 atom stereocenters. The van der Waals surface area contributed by atoms with Gasteiger partial charge in [-0.2, -0.15) is 0 Å². The number of hydrogen-bond donors (Lipinski definition) is 3. The van der Waals surface area contributed by atoms with E-state index in [4.69, 9.17) is 10.8 Å². The number of nitrogens with one attached hydrogen (secondary N) is 1. The van der Waals surface area contributed by atoms with Crippen LogP contribution in [0.15, 0.2) is 10.8 Å². The summed E-state index contributed by atoms with van der Waals surface area (Å²) in [4.78, 5) is 7.83. The minimum atomic E-state index is -0.0133. The maximum absolute atomic E-state index is 9.00. The molecule has 0 aliphatic heterocycles. The van der Waals surface area contributed by atoms with Crippen LogP contribution in [0.1, 0.15) is 13.3 Å². The van der Waals surface area contributed by atoms with Gasteiger partial charge in [-0.25, -0.2) is 9.97 Å². The second kappa shape index (κ2) is 5.11. The Kier molecular flexibility index (Phi) is 4.09. The van der Waals surface area contributed by atoms with Crippen molar-refractivity contribution < 1.29 is 5.11 Å². The fourth-order valence-electron chi connectivity index (χ4n) is 0.954. The number of hydrogen-bond acceptors (Lipinski definition) is 5. The van der Waals surface area contributed by atoms with Gasteiger partial charge >= 0.3 is 0 Å². The average Bonchev–Trinajstić information content (AvgIpc) is 2.20. The molecule has 0 aliphatic rings. The van der Waals surface area contributed by atoms with Gasteiger partial charge in [0.25, 0.3) is 0 Å². The number of aliphatic hydroxyl groups is 1. The minimum Gasteiger partial charge on any atom is -0.394 e. The molecule has 0 amide bonds. The van der Waals surface area contributed by atoms with Gasteiger partial charge in [0.1, 0.15) is 22.4 Å². The normalized spacial score (nSPS) is 12.5. The molecule has 0 spiro atoms. The van der Waals surface area contributed by atoms with Crippen LogP contribution in [0.4, 0.5) is 11.6 Å². The van der Waals surface area contributed by atoms with Crippen molar-refractivity contribution in [3.63, 3.8) is 0 Å². The monoisotopic (exact) mass is 260 g/mol. The Bertz CT molecular complexity index is 303.